The van der Waals surface area contributed by atoms with Crippen molar-refractivity contribution in [2.45, 2.75) is 27.2 Å². The molecule has 0 aliphatic carbocycles. The summed E-state index contributed by atoms with van der Waals surface area (Å²) in [5.41, 5.74) is 8.23. The molecule has 0 saturated heterocycles. The molecule has 2 heterocycles. The van der Waals surface area contributed by atoms with Gasteiger partial charge < -0.3 is 9.88 Å². The Balaban J connectivity index is 1.57. The molecule has 3 nitrogen and oxygen atoms in total. The molecule has 1 N–H and O–H groups in total. The van der Waals surface area contributed by atoms with E-state index >= 15 is 0 Å². The first-order chi connectivity index (χ1) is 12.5. The zero-order chi connectivity index (χ0) is 18.3. The Morgan fingerprint density at radius 1 is 1.04 bits per heavy atom. The maximum atomic E-state index is 12.8. The summed E-state index contributed by atoms with van der Waals surface area (Å²) >= 11 is 0. The highest BCUT2D eigenvalue weighted by atomic mass is 16.2. The third kappa shape index (κ3) is 2.84. The summed E-state index contributed by atoms with van der Waals surface area (Å²) in [5.74, 6) is 0.123. The highest BCUT2D eigenvalue weighted by molar-refractivity contribution is 5.97. The fraction of sp³-hybridized carbons (Fsp3) is 0.261. The number of benzene rings is 2. The average molecular weight is 344 g/mol. The number of hydrogen-bond acceptors (Lipinski definition) is 1. The molecule has 2 aromatic carbocycles. The number of amides is 1. The topological polar surface area (TPSA) is 36.1 Å². The molecule has 0 spiro atoms. The third-order valence-corrected chi connectivity index (χ3v) is 5.52. The second-order valence-corrected chi connectivity index (χ2v) is 7.23. The zero-order valence-electron chi connectivity index (χ0n) is 15.6. The summed E-state index contributed by atoms with van der Waals surface area (Å²) < 4.78 is 0. The first-order valence-electron chi connectivity index (χ1n) is 9.17. The van der Waals surface area contributed by atoms with Crippen LogP contribution in [-0.4, -0.2) is 28.9 Å². The van der Waals surface area contributed by atoms with Crippen molar-refractivity contribution in [2.24, 2.45) is 0 Å². The summed E-state index contributed by atoms with van der Waals surface area (Å²) in [4.78, 5) is 18.1. The normalized spacial score (nSPS) is 14.6. The minimum absolute atomic E-state index is 0.123. The van der Waals surface area contributed by atoms with Crippen LogP contribution in [0, 0.1) is 20.8 Å². The van der Waals surface area contributed by atoms with Gasteiger partial charge >= 0.3 is 0 Å². The lowest BCUT2D eigenvalue weighted by Gasteiger charge is -2.27. The monoisotopic (exact) mass is 344 g/mol. The van der Waals surface area contributed by atoms with Crippen molar-refractivity contribution in [1.29, 1.82) is 0 Å². The minimum Gasteiger partial charge on any atom is -0.360 e. The van der Waals surface area contributed by atoms with Gasteiger partial charge in [0.05, 0.1) is 0 Å². The molecule has 1 aromatic heterocycles. The number of hydrogen-bond donors (Lipinski definition) is 1. The molecule has 0 saturated carbocycles. The van der Waals surface area contributed by atoms with Crippen LogP contribution >= 0.6 is 0 Å². The number of nitrogens with one attached hydrogen (secondary N) is 1. The van der Waals surface area contributed by atoms with Crippen LogP contribution < -0.4 is 0 Å². The van der Waals surface area contributed by atoms with Crippen molar-refractivity contribution in [3.05, 3.63) is 76.5 Å². The van der Waals surface area contributed by atoms with E-state index in [2.05, 4.69) is 56.2 Å². The summed E-state index contributed by atoms with van der Waals surface area (Å²) in [7, 11) is 0. The Morgan fingerprint density at radius 2 is 1.88 bits per heavy atom. The number of aromatic amines is 1. The Bertz CT molecular complexity index is 1030. The average Bonchev–Trinajstić information content (AvgIpc) is 3.09. The Hall–Kier alpha value is -2.81. The van der Waals surface area contributed by atoms with Crippen molar-refractivity contribution in [3.8, 4) is 0 Å². The SMILES string of the molecule is Cc1ccc(C(=O)N2CC=C(c3c[nH]c4c(C)cccc34)CC2)cc1C. The third-order valence-electron chi connectivity index (χ3n) is 5.52. The number of fused-ring (bicyclic) bond motifs is 1. The molecule has 0 radical (unpaired) electrons. The molecule has 0 unspecified atom stereocenters. The van der Waals surface area contributed by atoms with Gasteiger partial charge in [0.1, 0.15) is 0 Å². The van der Waals surface area contributed by atoms with E-state index in [4.69, 9.17) is 0 Å². The standard InChI is InChI=1S/C23H24N2O/c1-15-7-8-19(13-17(15)3)23(26)25-11-9-18(10-12-25)21-14-24-22-16(2)5-4-6-20(21)22/h4-9,13-14,24H,10-12H2,1-3H3. The van der Waals surface area contributed by atoms with E-state index in [0.29, 0.717) is 6.54 Å². The van der Waals surface area contributed by atoms with E-state index in [1.165, 1.54) is 38.7 Å². The predicted octanol–water partition coefficient (Wildman–Crippen LogP) is 5.02. The van der Waals surface area contributed by atoms with Crippen LogP contribution in [0.2, 0.25) is 0 Å². The molecule has 1 amide bonds. The number of rotatable bonds is 2. The number of carbonyl (C=O) groups is 1. The maximum absolute atomic E-state index is 12.8. The number of H-pyrrole nitrogens is 1. The number of aromatic nitrogens is 1. The van der Waals surface area contributed by atoms with Crippen molar-refractivity contribution in [3.63, 3.8) is 0 Å². The van der Waals surface area contributed by atoms with Gasteiger partial charge in [-0.2, -0.15) is 0 Å². The molecule has 3 aromatic rings. The van der Waals surface area contributed by atoms with Crippen LogP contribution in [0.1, 0.15) is 39.0 Å². The van der Waals surface area contributed by atoms with Gasteiger partial charge in [0.25, 0.3) is 5.91 Å². The van der Waals surface area contributed by atoms with Crippen LogP contribution in [-0.2, 0) is 0 Å². The molecule has 0 bridgehead atoms. The van der Waals surface area contributed by atoms with Gasteiger partial charge in [-0.25, -0.2) is 0 Å². The quantitative estimate of drug-likeness (QED) is 0.696. The Kier molecular flexibility index (Phi) is 4.15. The Morgan fingerprint density at radius 3 is 2.62 bits per heavy atom. The van der Waals surface area contributed by atoms with Crippen molar-refractivity contribution < 1.29 is 4.79 Å². The van der Waals surface area contributed by atoms with Crippen molar-refractivity contribution in [1.82, 2.24) is 9.88 Å². The molecular weight excluding hydrogens is 320 g/mol. The van der Waals surface area contributed by atoms with Gasteiger partial charge in [0.2, 0.25) is 0 Å². The summed E-state index contributed by atoms with van der Waals surface area (Å²) in [6, 6.07) is 12.4. The largest absolute Gasteiger partial charge is 0.360 e. The fourth-order valence-corrected chi connectivity index (χ4v) is 3.73. The number of aryl methyl sites for hydroxylation is 3. The molecular formula is C23H24N2O. The Labute approximate surface area is 154 Å². The van der Waals surface area contributed by atoms with Crippen molar-refractivity contribution in [2.75, 3.05) is 13.1 Å². The van der Waals surface area contributed by atoms with Gasteiger partial charge in [-0.1, -0.05) is 30.3 Å². The van der Waals surface area contributed by atoms with E-state index < -0.39 is 0 Å². The van der Waals surface area contributed by atoms with Crippen LogP contribution in [0.5, 0.6) is 0 Å². The van der Waals surface area contributed by atoms with Gasteiger partial charge in [0, 0.05) is 41.3 Å². The van der Waals surface area contributed by atoms with E-state index in [9.17, 15) is 4.79 Å². The number of nitrogens with zero attached hydrogens (tertiary/aromatic N) is 1. The van der Waals surface area contributed by atoms with E-state index in [1.807, 2.05) is 23.1 Å². The van der Waals surface area contributed by atoms with E-state index in [1.54, 1.807) is 0 Å². The molecule has 3 heteroatoms. The highest BCUT2D eigenvalue weighted by Crippen LogP contribution is 2.30. The van der Waals surface area contributed by atoms with E-state index in [0.717, 1.165) is 18.5 Å². The number of carbonyl (C=O) groups excluding carboxylic acids is 1. The fourth-order valence-electron chi connectivity index (χ4n) is 3.73. The molecule has 1 aliphatic rings. The molecule has 4 rings (SSSR count). The lowest BCUT2D eigenvalue weighted by Crippen LogP contribution is -2.34. The number of para-hydroxylation sites is 1. The highest BCUT2D eigenvalue weighted by Gasteiger charge is 2.21. The minimum atomic E-state index is 0.123. The second-order valence-electron chi connectivity index (χ2n) is 7.23. The predicted molar refractivity (Wildman–Crippen MR) is 107 cm³/mol. The summed E-state index contributed by atoms with van der Waals surface area (Å²) in [5, 5.41) is 1.27. The maximum Gasteiger partial charge on any atom is 0.254 e. The van der Waals surface area contributed by atoms with Gasteiger partial charge in [0.15, 0.2) is 0 Å². The molecule has 132 valence electrons. The van der Waals surface area contributed by atoms with E-state index in [-0.39, 0.29) is 5.91 Å². The smallest absolute Gasteiger partial charge is 0.254 e. The first kappa shape index (κ1) is 16.6. The van der Waals surface area contributed by atoms with Gasteiger partial charge in [-0.15, -0.1) is 0 Å². The summed E-state index contributed by atoms with van der Waals surface area (Å²) in [6.07, 6.45) is 5.19. The molecule has 1 aliphatic heterocycles. The van der Waals surface area contributed by atoms with Crippen LogP contribution in [0.15, 0.2) is 48.7 Å². The van der Waals surface area contributed by atoms with Gasteiger partial charge in [-0.3, -0.25) is 4.79 Å². The van der Waals surface area contributed by atoms with Crippen LogP contribution in [0.3, 0.4) is 0 Å². The summed E-state index contributed by atoms with van der Waals surface area (Å²) in [6.45, 7) is 7.68. The zero-order valence-corrected chi connectivity index (χ0v) is 15.6. The van der Waals surface area contributed by atoms with Gasteiger partial charge in [-0.05, 0) is 61.6 Å². The first-order valence-corrected chi connectivity index (χ1v) is 9.17. The molecule has 0 atom stereocenters. The lowest BCUT2D eigenvalue weighted by molar-refractivity contribution is 0.0773. The van der Waals surface area contributed by atoms with Crippen LogP contribution in [0.4, 0.5) is 0 Å². The van der Waals surface area contributed by atoms with Crippen LogP contribution in [0.25, 0.3) is 16.5 Å². The van der Waals surface area contributed by atoms with Crippen molar-refractivity contribution >= 4 is 22.4 Å². The lowest BCUT2D eigenvalue weighted by atomic mass is 9.97. The molecule has 0 fully saturated rings. The molecule has 26 heavy (non-hydrogen) atoms. The second kappa shape index (κ2) is 6.49.